The zero-order valence-corrected chi connectivity index (χ0v) is 12.1. The maximum Gasteiger partial charge on any atom is 0.238 e. The molecule has 1 aliphatic heterocycles. The fraction of sp³-hybridized carbons (Fsp3) is 0.462. The van der Waals surface area contributed by atoms with Gasteiger partial charge in [-0.25, -0.2) is 0 Å². The molecule has 1 saturated heterocycles. The summed E-state index contributed by atoms with van der Waals surface area (Å²) in [7, 11) is 0. The summed E-state index contributed by atoms with van der Waals surface area (Å²) in [5.41, 5.74) is -0.0974. The maximum atomic E-state index is 11.7. The Morgan fingerprint density at radius 2 is 2.37 bits per heavy atom. The number of benzene rings is 1. The van der Waals surface area contributed by atoms with Gasteiger partial charge in [0.25, 0.3) is 0 Å². The van der Waals surface area contributed by atoms with E-state index < -0.39 is 5.60 Å². The van der Waals surface area contributed by atoms with Crippen LogP contribution >= 0.6 is 15.9 Å². The molecule has 0 aromatic heterocycles. The topological polar surface area (TPSA) is 70.6 Å². The summed E-state index contributed by atoms with van der Waals surface area (Å²) in [4.78, 5) is 11.7. The highest BCUT2D eigenvalue weighted by Gasteiger charge is 2.31. The Morgan fingerprint density at radius 1 is 1.53 bits per heavy atom. The summed E-state index contributed by atoms with van der Waals surface area (Å²) in [6, 6.07) is 7.40. The van der Waals surface area contributed by atoms with E-state index in [-0.39, 0.29) is 12.5 Å². The molecule has 1 aromatic rings. The minimum absolute atomic E-state index is 0.138. The third-order valence-electron chi connectivity index (χ3n) is 2.93. The van der Waals surface area contributed by atoms with Crippen molar-refractivity contribution in [2.75, 3.05) is 31.6 Å². The summed E-state index contributed by atoms with van der Waals surface area (Å²) in [6.07, 6.45) is 0.604. The van der Waals surface area contributed by atoms with Gasteiger partial charge in [-0.05, 0) is 18.2 Å². The van der Waals surface area contributed by atoms with Crippen molar-refractivity contribution < 1.29 is 14.6 Å². The van der Waals surface area contributed by atoms with Crippen LogP contribution in [-0.2, 0) is 9.53 Å². The normalized spacial score (nSPS) is 22.4. The van der Waals surface area contributed by atoms with Gasteiger partial charge in [0.15, 0.2) is 0 Å². The van der Waals surface area contributed by atoms with Crippen LogP contribution in [-0.4, -0.2) is 42.9 Å². The van der Waals surface area contributed by atoms with E-state index in [0.29, 0.717) is 26.2 Å². The van der Waals surface area contributed by atoms with Crippen molar-refractivity contribution in [1.82, 2.24) is 5.32 Å². The highest BCUT2D eigenvalue weighted by atomic mass is 79.9. The van der Waals surface area contributed by atoms with Gasteiger partial charge in [0.05, 0.1) is 13.2 Å². The van der Waals surface area contributed by atoms with Crippen LogP contribution in [0.5, 0.6) is 0 Å². The van der Waals surface area contributed by atoms with Crippen molar-refractivity contribution in [3.63, 3.8) is 0 Å². The van der Waals surface area contributed by atoms with Gasteiger partial charge in [-0.1, -0.05) is 22.0 Å². The van der Waals surface area contributed by atoms with Crippen molar-refractivity contribution >= 4 is 27.5 Å². The van der Waals surface area contributed by atoms with Gasteiger partial charge in [0.2, 0.25) is 5.91 Å². The molecule has 0 saturated carbocycles. The Kier molecular flexibility index (Phi) is 4.93. The van der Waals surface area contributed by atoms with Crippen LogP contribution in [0.2, 0.25) is 0 Å². The molecular weight excluding hydrogens is 312 g/mol. The van der Waals surface area contributed by atoms with E-state index in [2.05, 4.69) is 26.6 Å². The third-order valence-corrected chi connectivity index (χ3v) is 3.42. The molecule has 0 aliphatic carbocycles. The number of hydrogen-bond donors (Lipinski definition) is 3. The molecule has 1 atom stereocenters. The van der Waals surface area contributed by atoms with Gasteiger partial charge >= 0.3 is 0 Å². The first-order chi connectivity index (χ1) is 9.07. The molecule has 1 aromatic carbocycles. The zero-order chi connectivity index (χ0) is 13.7. The molecule has 6 heteroatoms. The number of anilines is 1. The molecule has 2 rings (SSSR count). The van der Waals surface area contributed by atoms with Gasteiger partial charge < -0.3 is 20.5 Å². The largest absolute Gasteiger partial charge is 0.386 e. The smallest absolute Gasteiger partial charge is 0.238 e. The molecule has 1 unspecified atom stereocenters. The molecule has 1 aliphatic rings. The van der Waals surface area contributed by atoms with Crippen molar-refractivity contribution in [3.8, 4) is 0 Å². The summed E-state index contributed by atoms with van der Waals surface area (Å²) in [5, 5.41) is 15.7. The monoisotopic (exact) mass is 328 g/mol. The van der Waals surface area contributed by atoms with Gasteiger partial charge in [0.1, 0.15) is 5.60 Å². The predicted octanol–water partition coefficient (Wildman–Crippen LogP) is 1.13. The van der Waals surface area contributed by atoms with E-state index in [9.17, 15) is 9.90 Å². The Morgan fingerprint density at radius 3 is 3.05 bits per heavy atom. The van der Waals surface area contributed by atoms with Crippen LogP contribution in [0.1, 0.15) is 6.42 Å². The van der Waals surface area contributed by atoms with Crippen molar-refractivity contribution in [1.29, 1.82) is 0 Å². The van der Waals surface area contributed by atoms with Crippen LogP contribution in [0, 0.1) is 0 Å². The van der Waals surface area contributed by atoms with Crippen LogP contribution in [0.4, 0.5) is 5.69 Å². The number of rotatable bonds is 5. The summed E-state index contributed by atoms with van der Waals surface area (Å²) in [5.74, 6) is -0.138. The molecule has 1 fully saturated rings. The van der Waals surface area contributed by atoms with Crippen molar-refractivity contribution in [3.05, 3.63) is 28.7 Å². The van der Waals surface area contributed by atoms with Crippen molar-refractivity contribution in [2.24, 2.45) is 0 Å². The van der Waals surface area contributed by atoms with E-state index in [1.54, 1.807) is 0 Å². The first-order valence-corrected chi connectivity index (χ1v) is 6.93. The van der Waals surface area contributed by atoms with E-state index in [4.69, 9.17) is 4.74 Å². The van der Waals surface area contributed by atoms with Crippen LogP contribution in [0.15, 0.2) is 28.7 Å². The zero-order valence-electron chi connectivity index (χ0n) is 10.5. The average molecular weight is 329 g/mol. The third kappa shape index (κ3) is 4.58. The second-order valence-electron chi connectivity index (χ2n) is 4.69. The van der Waals surface area contributed by atoms with E-state index in [1.165, 1.54) is 0 Å². The van der Waals surface area contributed by atoms with Gasteiger partial charge in [-0.2, -0.15) is 0 Å². The molecule has 0 radical (unpaired) electrons. The number of carbonyl (C=O) groups is 1. The number of nitrogens with one attached hydrogen (secondary N) is 2. The first-order valence-electron chi connectivity index (χ1n) is 6.14. The number of carbonyl (C=O) groups excluding carboxylic acids is 1. The maximum absolute atomic E-state index is 11.7. The lowest BCUT2D eigenvalue weighted by Crippen LogP contribution is -2.43. The van der Waals surface area contributed by atoms with Gasteiger partial charge in [0, 0.05) is 29.7 Å². The minimum Gasteiger partial charge on any atom is -0.386 e. The fourth-order valence-electron chi connectivity index (χ4n) is 1.92. The number of hydrogen-bond acceptors (Lipinski definition) is 4. The lowest BCUT2D eigenvalue weighted by Gasteiger charge is -2.20. The molecule has 104 valence electrons. The van der Waals surface area contributed by atoms with Crippen LogP contribution < -0.4 is 10.6 Å². The lowest BCUT2D eigenvalue weighted by atomic mass is 10.0. The Balaban J connectivity index is 1.73. The summed E-state index contributed by atoms with van der Waals surface area (Å²) >= 11 is 3.34. The number of halogens is 1. The second kappa shape index (κ2) is 6.47. The average Bonchev–Trinajstić information content (AvgIpc) is 2.76. The molecule has 3 N–H and O–H groups in total. The fourth-order valence-corrected chi connectivity index (χ4v) is 2.32. The van der Waals surface area contributed by atoms with E-state index in [0.717, 1.165) is 10.2 Å². The minimum atomic E-state index is -0.837. The molecular formula is C13H17BrN2O3. The van der Waals surface area contributed by atoms with E-state index in [1.807, 2.05) is 24.3 Å². The highest BCUT2D eigenvalue weighted by molar-refractivity contribution is 9.10. The molecule has 5 nitrogen and oxygen atoms in total. The molecule has 0 bridgehead atoms. The van der Waals surface area contributed by atoms with E-state index >= 15 is 0 Å². The Bertz CT molecular complexity index is 447. The number of ether oxygens (including phenoxy) is 1. The predicted molar refractivity (Wildman–Crippen MR) is 76.0 cm³/mol. The standard InChI is InChI=1S/C13H17BrN2O3/c14-10-2-1-3-11(6-10)16-12(17)7-15-8-13(18)4-5-19-9-13/h1-3,6,15,18H,4-5,7-9H2,(H,16,17). The summed E-state index contributed by atoms with van der Waals surface area (Å²) < 4.78 is 6.04. The number of aliphatic hydroxyl groups is 1. The SMILES string of the molecule is O=C(CNCC1(O)CCOC1)Nc1cccc(Br)c1. The number of amides is 1. The Labute approximate surface area is 120 Å². The lowest BCUT2D eigenvalue weighted by molar-refractivity contribution is -0.115. The second-order valence-corrected chi connectivity index (χ2v) is 5.60. The molecule has 19 heavy (non-hydrogen) atoms. The highest BCUT2D eigenvalue weighted by Crippen LogP contribution is 2.17. The van der Waals surface area contributed by atoms with Crippen LogP contribution in [0.3, 0.4) is 0 Å². The molecule has 0 spiro atoms. The molecule has 1 amide bonds. The van der Waals surface area contributed by atoms with Gasteiger partial charge in [-0.15, -0.1) is 0 Å². The summed E-state index contributed by atoms with van der Waals surface area (Å²) in [6.45, 7) is 1.42. The van der Waals surface area contributed by atoms with Crippen LogP contribution in [0.25, 0.3) is 0 Å². The first kappa shape index (κ1) is 14.5. The molecule has 1 heterocycles. The Hall–Kier alpha value is -0.950. The quantitative estimate of drug-likeness (QED) is 0.757. The van der Waals surface area contributed by atoms with Gasteiger partial charge in [-0.3, -0.25) is 4.79 Å². The van der Waals surface area contributed by atoms with Crippen molar-refractivity contribution in [2.45, 2.75) is 12.0 Å².